The van der Waals surface area contributed by atoms with Crippen molar-refractivity contribution in [2.75, 3.05) is 13.2 Å². The van der Waals surface area contributed by atoms with E-state index in [9.17, 15) is 0 Å². The lowest BCUT2D eigenvalue weighted by Gasteiger charge is -2.16. The number of aliphatic hydroxyl groups excluding tert-OH is 1. The number of hydrogen-bond acceptors (Lipinski definition) is 3. The number of fused-ring (bicyclic) bond motifs is 1. The van der Waals surface area contributed by atoms with E-state index in [4.69, 9.17) is 9.84 Å². The maximum Gasteiger partial charge on any atom is 0.123 e. The van der Waals surface area contributed by atoms with Gasteiger partial charge in [-0.3, -0.25) is 0 Å². The highest BCUT2D eigenvalue weighted by molar-refractivity contribution is 5.41. The van der Waals surface area contributed by atoms with Gasteiger partial charge in [0.05, 0.1) is 0 Å². The molecule has 0 saturated heterocycles. The molecule has 0 amide bonds. The van der Waals surface area contributed by atoms with Crippen molar-refractivity contribution in [1.82, 2.24) is 5.32 Å². The van der Waals surface area contributed by atoms with E-state index < -0.39 is 0 Å². The van der Waals surface area contributed by atoms with Crippen LogP contribution in [0.3, 0.4) is 0 Å². The van der Waals surface area contributed by atoms with E-state index >= 15 is 0 Å². The van der Waals surface area contributed by atoms with Crippen molar-refractivity contribution in [1.29, 1.82) is 0 Å². The van der Waals surface area contributed by atoms with Crippen molar-refractivity contribution in [2.24, 2.45) is 5.92 Å². The van der Waals surface area contributed by atoms with E-state index in [1.165, 1.54) is 11.1 Å². The number of nitrogens with one attached hydrogen (secondary N) is 1. The molecule has 0 spiro atoms. The molecule has 1 atom stereocenters. The first-order chi connectivity index (χ1) is 8.50. The molecule has 0 aliphatic carbocycles. The summed E-state index contributed by atoms with van der Waals surface area (Å²) in [6, 6.07) is 6.40. The highest BCUT2D eigenvalue weighted by Gasteiger charge is 2.29. The largest absolute Gasteiger partial charge is 0.487 e. The van der Waals surface area contributed by atoms with E-state index in [2.05, 4.69) is 37.4 Å². The molecule has 1 aliphatic rings. The van der Waals surface area contributed by atoms with E-state index in [-0.39, 0.29) is 12.2 Å². The SMILES string of the molecule is CC(CO)CNCc1ccc2c(c1)CC(C)(C)O2. The van der Waals surface area contributed by atoms with Gasteiger partial charge in [0.15, 0.2) is 0 Å². The predicted octanol–water partition coefficient (Wildman–Crippen LogP) is 2.12. The molecule has 1 aromatic rings. The van der Waals surface area contributed by atoms with Crippen LogP contribution in [0.2, 0.25) is 0 Å². The van der Waals surface area contributed by atoms with Crippen molar-refractivity contribution < 1.29 is 9.84 Å². The molecule has 2 N–H and O–H groups in total. The monoisotopic (exact) mass is 249 g/mol. The Morgan fingerprint density at radius 1 is 1.44 bits per heavy atom. The van der Waals surface area contributed by atoms with Crippen molar-refractivity contribution in [2.45, 2.75) is 39.3 Å². The molecule has 1 aliphatic heterocycles. The van der Waals surface area contributed by atoms with Crippen LogP contribution in [0.4, 0.5) is 0 Å². The van der Waals surface area contributed by atoms with Crippen LogP contribution in [-0.4, -0.2) is 23.9 Å². The van der Waals surface area contributed by atoms with Crippen LogP contribution < -0.4 is 10.1 Å². The Labute approximate surface area is 109 Å². The predicted molar refractivity (Wildman–Crippen MR) is 72.8 cm³/mol. The molecule has 2 rings (SSSR count). The highest BCUT2D eigenvalue weighted by atomic mass is 16.5. The van der Waals surface area contributed by atoms with Crippen LogP contribution in [0, 0.1) is 5.92 Å². The Bertz CT molecular complexity index is 415. The lowest BCUT2D eigenvalue weighted by molar-refractivity contribution is 0.138. The molecule has 3 heteroatoms. The summed E-state index contributed by atoms with van der Waals surface area (Å²) in [4.78, 5) is 0. The Morgan fingerprint density at radius 3 is 2.94 bits per heavy atom. The van der Waals surface area contributed by atoms with Gasteiger partial charge < -0.3 is 15.2 Å². The van der Waals surface area contributed by atoms with E-state index in [0.717, 1.165) is 25.3 Å². The minimum absolute atomic E-state index is 0.0697. The summed E-state index contributed by atoms with van der Waals surface area (Å²) in [6.45, 7) is 8.20. The van der Waals surface area contributed by atoms with Gasteiger partial charge in [-0.05, 0) is 37.0 Å². The Morgan fingerprint density at radius 2 is 2.22 bits per heavy atom. The van der Waals surface area contributed by atoms with Crippen molar-refractivity contribution >= 4 is 0 Å². The first-order valence-electron chi connectivity index (χ1n) is 6.62. The third-order valence-electron chi connectivity index (χ3n) is 3.26. The second-order valence-corrected chi connectivity index (χ2v) is 5.90. The minimum atomic E-state index is -0.0697. The normalized spacial score (nSPS) is 18.2. The number of rotatable bonds is 5. The first kappa shape index (κ1) is 13.4. The highest BCUT2D eigenvalue weighted by Crippen LogP contribution is 2.35. The van der Waals surface area contributed by atoms with Crippen molar-refractivity contribution in [3.63, 3.8) is 0 Å². The molecule has 0 bridgehead atoms. The smallest absolute Gasteiger partial charge is 0.123 e. The van der Waals surface area contributed by atoms with Crippen molar-refractivity contribution in [3.8, 4) is 5.75 Å². The fourth-order valence-corrected chi connectivity index (χ4v) is 2.30. The van der Waals surface area contributed by atoms with Crippen molar-refractivity contribution in [3.05, 3.63) is 29.3 Å². The molecule has 0 fully saturated rings. The Hall–Kier alpha value is -1.06. The molecule has 0 saturated carbocycles. The summed E-state index contributed by atoms with van der Waals surface area (Å²) in [5.41, 5.74) is 2.51. The standard InChI is InChI=1S/C15H23NO2/c1-11(10-17)8-16-9-12-4-5-14-13(6-12)7-15(2,3)18-14/h4-6,11,16-17H,7-10H2,1-3H3. The zero-order valence-electron chi connectivity index (χ0n) is 11.5. The third kappa shape index (κ3) is 3.24. The van der Waals surface area contributed by atoms with Gasteiger partial charge in [0.1, 0.15) is 11.4 Å². The molecule has 1 unspecified atom stereocenters. The molecule has 1 aromatic carbocycles. The maximum absolute atomic E-state index is 8.96. The Kier molecular flexibility index (Phi) is 3.93. The van der Waals surface area contributed by atoms with Gasteiger partial charge in [-0.25, -0.2) is 0 Å². The number of ether oxygens (including phenoxy) is 1. The number of hydrogen-bond donors (Lipinski definition) is 2. The lowest BCUT2D eigenvalue weighted by atomic mass is 10.0. The molecular weight excluding hydrogens is 226 g/mol. The summed E-state index contributed by atoms with van der Waals surface area (Å²) >= 11 is 0. The summed E-state index contributed by atoms with van der Waals surface area (Å²) in [5, 5.41) is 12.3. The van der Waals surface area contributed by atoms with Crippen LogP contribution in [-0.2, 0) is 13.0 Å². The second-order valence-electron chi connectivity index (χ2n) is 5.90. The average Bonchev–Trinajstić information content (AvgIpc) is 2.62. The molecule has 1 heterocycles. The van der Waals surface area contributed by atoms with Gasteiger partial charge in [-0.2, -0.15) is 0 Å². The van der Waals surface area contributed by atoms with E-state index in [1.807, 2.05) is 6.92 Å². The molecule has 3 nitrogen and oxygen atoms in total. The van der Waals surface area contributed by atoms with Gasteiger partial charge in [-0.1, -0.05) is 19.1 Å². The molecule has 18 heavy (non-hydrogen) atoms. The van der Waals surface area contributed by atoms with Crippen LogP contribution in [0.15, 0.2) is 18.2 Å². The third-order valence-corrected chi connectivity index (χ3v) is 3.26. The molecule has 0 radical (unpaired) electrons. The fraction of sp³-hybridized carbons (Fsp3) is 0.600. The maximum atomic E-state index is 8.96. The van der Waals surface area contributed by atoms with E-state index in [1.54, 1.807) is 0 Å². The summed E-state index contributed by atoms with van der Waals surface area (Å²) in [5.74, 6) is 1.33. The average molecular weight is 249 g/mol. The van der Waals surface area contributed by atoms with Gasteiger partial charge in [-0.15, -0.1) is 0 Å². The van der Waals surface area contributed by atoms with Gasteiger partial charge >= 0.3 is 0 Å². The van der Waals surface area contributed by atoms with Crippen LogP contribution in [0.25, 0.3) is 0 Å². The van der Waals surface area contributed by atoms with Gasteiger partial charge in [0.25, 0.3) is 0 Å². The lowest BCUT2D eigenvalue weighted by Crippen LogP contribution is -2.24. The summed E-state index contributed by atoms with van der Waals surface area (Å²) < 4.78 is 5.86. The van der Waals surface area contributed by atoms with Crippen LogP contribution >= 0.6 is 0 Å². The summed E-state index contributed by atoms with van der Waals surface area (Å²) in [7, 11) is 0. The molecule has 0 aromatic heterocycles. The Balaban J connectivity index is 1.93. The topological polar surface area (TPSA) is 41.5 Å². The second kappa shape index (κ2) is 5.29. The quantitative estimate of drug-likeness (QED) is 0.840. The minimum Gasteiger partial charge on any atom is -0.487 e. The van der Waals surface area contributed by atoms with Crippen LogP contribution in [0.5, 0.6) is 5.75 Å². The number of benzene rings is 1. The zero-order valence-corrected chi connectivity index (χ0v) is 11.5. The van der Waals surface area contributed by atoms with E-state index in [0.29, 0.717) is 5.92 Å². The van der Waals surface area contributed by atoms with Gasteiger partial charge in [0, 0.05) is 26.1 Å². The fourth-order valence-electron chi connectivity index (χ4n) is 2.30. The first-order valence-corrected chi connectivity index (χ1v) is 6.62. The number of aliphatic hydroxyl groups is 1. The molecule has 100 valence electrons. The van der Waals surface area contributed by atoms with Crippen LogP contribution in [0.1, 0.15) is 31.9 Å². The van der Waals surface area contributed by atoms with Gasteiger partial charge in [0.2, 0.25) is 0 Å². The molecular formula is C15H23NO2. The zero-order chi connectivity index (χ0) is 13.2. The summed E-state index contributed by atoms with van der Waals surface area (Å²) in [6.07, 6.45) is 0.975.